The van der Waals surface area contributed by atoms with Crippen molar-refractivity contribution in [2.45, 2.75) is 6.61 Å². The molecule has 0 aliphatic heterocycles. The molecule has 84 valence electrons. The van der Waals surface area contributed by atoms with Crippen molar-refractivity contribution in [3.8, 4) is 11.8 Å². The predicted molar refractivity (Wildman–Crippen MR) is 67.4 cm³/mol. The third-order valence-corrected chi connectivity index (χ3v) is 2.97. The van der Waals surface area contributed by atoms with E-state index in [-0.39, 0.29) is 0 Å². The summed E-state index contributed by atoms with van der Waals surface area (Å²) in [6.45, 7) is 0.455. The van der Waals surface area contributed by atoms with Gasteiger partial charge in [-0.15, -0.1) is 0 Å². The highest BCUT2D eigenvalue weighted by Gasteiger charge is 2.01. The second kappa shape index (κ2) is 5.46. The normalized spacial score (nSPS) is 9.65. The minimum Gasteiger partial charge on any atom is -0.489 e. The molecule has 1 aromatic heterocycles. The molecule has 2 aromatic rings. The van der Waals surface area contributed by atoms with Gasteiger partial charge in [0, 0.05) is 22.3 Å². The first-order valence-electron chi connectivity index (χ1n) is 5.02. The summed E-state index contributed by atoms with van der Waals surface area (Å²) in [7, 11) is 0. The number of halogens is 1. The van der Waals surface area contributed by atoms with E-state index in [1.165, 1.54) is 0 Å². The van der Waals surface area contributed by atoms with Gasteiger partial charge in [0.15, 0.2) is 0 Å². The van der Waals surface area contributed by atoms with Gasteiger partial charge in [-0.05, 0) is 12.1 Å². The first-order valence-corrected chi connectivity index (χ1v) is 5.81. The minimum absolute atomic E-state index is 0.356. The van der Waals surface area contributed by atoms with Gasteiger partial charge in [0.1, 0.15) is 24.1 Å². The van der Waals surface area contributed by atoms with Crippen molar-refractivity contribution in [1.29, 1.82) is 5.26 Å². The Kier molecular flexibility index (Phi) is 3.73. The molecule has 1 aromatic carbocycles. The van der Waals surface area contributed by atoms with Crippen LogP contribution in [-0.4, -0.2) is 4.98 Å². The summed E-state index contributed by atoms with van der Waals surface area (Å²) >= 11 is 3.45. The second-order valence-corrected chi connectivity index (χ2v) is 4.22. The van der Waals surface area contributed by atoms with E-state index < -0.39 is 0 Å². The van der Waals surface area contributed by atoms with E-state index in [4.69, 9.17) is 10.00 Å². The van der Waals surface area contributed by atoms with Crippen molar-refractivity contribution in [2.24, 2.45) is 0 Å². The maximum Gasteiger partial charge on any atom is 0.144 e. The van der Waals surface area contributed by atoms with Gasteiger partial charge in [0.05, 0.1) is 0 Å². The average Bonchev–Trinajstić information content (AvgIpc) is 2.38. The Morgan fingerprint density at radius 1 is 1.29 bits per heavy atom. The van der Waals surface area contributed by atoms with Crippen LogP contribution in [0.15, 0.2) is 47.1 Å². The van der Waals surface area contributed by atoms with Gasteiger partial charge in [0.25, 0.3) is 0 Å². The quantitative estimate of drug-likeness (QED) is 0.871. The fraction of sp³-hybridized carbons (Fsp3) is 0.0769. The molecule has 1 heterocycles. The van der Waals surface area contributed by atoms with Gasteiger partial charge >= 0.3 is 0 Å². The Morgan fingerprint density at radius 2 is 2.12 bits per heavy atom. The Bertz CT molecular complexity index is 563. The lowest BCUT2D eigenvalue weighted by Crippen LogP contribution is -1.97. The molecule has 0 spiro atoms. The molecule has 0 saturated carbocycles. The summed E-state index contributed by atoms with van der Waals surface area (Å²) in [5, 5.41) is 8.72. The average molecular weight is 289 g/mol. The molecule has 0 atom stereocenters. The molecule has 0 unspecified atom stereocenters. The minimum atomic E-state index is 0.356. The zero-order valence-corrected chi connectivity index (χ0v) is 10.5. The lowest BCUT2D eigenvalue weighted by molar-refractivity contribution is 0.305. The third kappa shape index (κ3) is 3.05. The Labute approximate surface area is 108 Å². The molecule has 0 saturated heterocycles. The molecule has 0 radical (unpaired) electrons. The number of benzene rings is 1. The highest BCUT2D eigenvalue weighted by Crippen LogP contribution is 2.19. The van der Waals surface area contributed by atoms with Gasteiger partial charge in [0.2, 0.25) is 0 Å². The van der Waals surface area contributed by atoms with Crippen LogP contribution < -0.4 is 4.74 Å². The summed E-state index contributed by atoms with van der Waals surface area (Å²) in [5.41, 5.74) is 1.41. The zero-order chi connectivity index (χ0) is 12.1. The molecule has 2 rings (SSSR count). The highest BCUT2D eigenvalue weighted by atomic mass is 79.9. The summed E-state index contributed by atoms with van der Waals surface area (Å²) in [5.74, 6) is 0.646. The summed E-state index contributed by atoms with van der Waals surface area (Å²) < 4.78 is 6.60. The fourth-order valence-corrected chi connectivity index (χ4v) is 1.74. The zero-order valence-electron chi connectivity index (χ0n) is 8.93. The van der Waals surface area contributed by atoms with E-state index in [2.05, 4.69) is 20.9 Å². The van der Waals surface area contributed by atoms with E-state index in [0.29, 0.717) is 18.1 Å². The molecule has 0 aliphatic carbocycles. The largest absolute Gasteiger partial charge is 0.489 e. The molecular weight excluding hydrogens is 280 g/mol. The molecule has 0 bridgehead atoms. The molecule has 0 fully saturated rings. The number of ether oxygens (including phenoxy) is 1. The lowest BCUT2D eigenvalue weighted by Gasteiger charge is -2.07. The van der Waals surface area contributed by atoms with E-state index in [1.807, 2.05) is 30.3 Å². The van der Waals surface area contributed by atoms with Gasteiger partial charge in [-0.25, -0.2) is 4.98 Å². The SMILES string of the molecule is N#Cc1cc(OCc2ccccc2Br)ccn1. The molecule has 17 heavy (non-hydrogen) atoms. The smallest absolute Gasteiger partial charge is 0.144 e. The molecule has 4 heteroatoms. The van der Waals surface area contributed by atoms with E-state index in [0.717, 1.165) is 10.0 Å². The number of rotatable bonds is 3. The van der Waals surface area contributed by atoms with Crippen molar-refractivity contribution in [2.75, 3.05) is 0 Å². The summed E-state index contributed by atoms with van der Waals surface area (Å²) in [6, 6.07) is 13.2. The van der Waals surface area contributed by atoms with Crippen molar-refractivity contribution < 1.29 is 4.74 Å². The van der Waals surface area contributed by atoms with Crippen LogP contribution >= 0.6 is 15.9 Å². The van der Waals surface area contributed by atoms with Crippen LogP contribution in [0.2, 0.25) is 0 Å². The van der Waals surface area contributed by atoms with Crippen molar-refractivity contribution >= 4 is 15.9 Å². The Balaban J connectivity index is 2.08. The van der Waals surface area contributed by atoms with Crippen LogP contribution in [0, 0.1) is 11.3 Å². The summed E-state index contributed by atoms with van der Waals surface area (Å²) in [6.07, 6.45) is 1.56. The van der Waals surface area contributed by atoms with Crippen LogP contribution in [-0.2, 0) is 6.61 Å². The van der Waals surface area contributed by atoms with Crippen molar-refractivity contribution in [1.82, 2.24) is 4.98 Å². The number of aromatic nitrogens is 1. The predicted octanol–water partition coefficient (Wildman–Crippen LogP) is 3.29. The first kappa shape index (κ1) is 11.6. The molecular formula is C13H9BrN2O. The van der Waals surface area contributed by atoms with Crippen molar-refractivity contribution in [3.05, 3.63) is 58.3 Å². The third-order valence-electron chi connectivity index (χ3n) is 2.20. The fourth-order valence-electron chi connectivity index (χ4n) is 1.34. The maximum absolute atomic E-state index is 8.72. The number of hydrogen-bond acceptors (Lipinski definition) is 3. The maximum atomic E-state index is 8.72. The number of hydrogen-bond donors (Lipinski definition) is 0. The lowest BCUT2D eigenvalue weighted by atomic mass is 10.2. The van der Waals surface area contributed by atoms with Crippen LogP contribution in [0.3, 0.4) is 0 Å². The van der Waals surface area contributed by atoms with Crippen LogP contribution in [0.5, 0.6) is 5.75 Å². The van der Waals surface area contributed by atoms with E-state index in [9.17, 15) is 0 Å². The Morgan fingerprint density at radius 3 is 2.88 bits per heavy atom. The van der Waals surface area contributed by atoms with Crippen molar-refractivity contribution in [3.63, 3.8) is 0 Å². The number of nitriles is 1. The molecule has 0 N–H and O–H groups in total. The van der Waals surface area contributed by atoms with Crippen LogP contribution in [0.25, 0.3) is 0 Å². The molecule has 0 amide bonds. The van der Waals surface area contributed by atoms with Gasteiger partial charge in [-0.1, -0.05) is 34.1 Å². The van der Waals surface area contributed by atoms with Crippen LogP contribution in [0.1, 0.15) is 11.3 Å². The number of pyridine rings is 1. The summed E-state index contributed by atoms with van der Waals surface area (Å²) in [4.78, 5) is 3.88. The highest BCUT2D eigenvalue weighted by molar-refractivity contribution is 9.10. The van der Waals surface area contributed by atoms with E-state index >= 15 is 0 Å². The molecule has 3 nitrogen and oxygen atoms in total. The monoisotopic (exact) mass is 288 g/mol. The standard InChI is InChI=1S/C13H9BrN2O/c14-13-4-2-1-3-10(13)9-17-12-5-6-16-11(7-12)8-15/h1-7H,9H2. The number of nitrogens with zero attached hydrogens (tertiary/aromatic N) is 2. The van der Waals surface area contributed by atoms with E-state index in [1.54, 1.807) is 18.3 Å². The van der Waals surface area contributed by atoms with Gasteiger partial charge in [-0.2, -0.15) is 5.26 Å². The second-order valence-electron chi connectivity index (χ2n) is 3.37. The topological polar surface area (TPSA) is 45.9 Å². The van der Waals surface area contributed by atoms with Gasteiger partial charge < -0.3 is 4.74 Å². The molecule has 0 aliphatic rings. The Hall–Kier alpha value is -1.86. The van der Waals surface area contributed by atoms with Gasteiger partial charge in [-0.3, -0.25) is 0 Å². The van der Waals surface area contributed by atoms with Crippen LogP contribution in [0.4, 0.5) is 0 Å². The first-order chi connectivity index (χ1) is 8.29.